The van der Waals surface area contributed by atoms with E-state index in [0.717, 1.165) is 12.0 Å². The molecule has 0 bridgehead atoms. The van der Waals surface area contributed by atoms with Crippen molar-refractivity contribution in [2.75, 3.05) is 13.7 Å². The molecule has 20 heavy (non-hydrogen) atoms. The molecule has 0 amide bonds. The van der Waals surface area contributed by atoms with Crippen molar-refractivity contribution in [1.82, 2.24) is 5.32 Å². The van der Waals surface area contributed by atoms with E-state index in [0.29, 0.717) is 12.5 Å². The van der Waals surface area contributed by atoms with Gasteiger partial charge in [-0.3, -0.25) is 5.32 Å². The highest BCUT2D eigenvalue weighted by Crippen LogP contribution is 2.28. The minimum absolute atomic E-state index is 0.286. The minimum Gasteiger partial charge on any atom is -0.375 e. The van der Waals surface area contributed by atoms with E-state index in [9.17, 15) is 5.26 Å². The summed E-state index contributed by atoms with van der Waals surface area (Å²) in [4.78, 5) is 0. The molecule has 0 spiro atoms. The van der Waals surface area contributed by atoms with Gasteiger partial charge in [0.05, 0.1) is 18.8 Å². The zero-order chi connectivity index (χ0) is 14.4. The van der Waals surface area contributed by atoms with Crippen molar-refractivity contribution in [3.63, 3.8) is 0 Å². The standard InChI is InChI=1S/C17H24N2O/c1-14-8-6-7-11-16(14)20-13-17(12-18,19-2)15-9-4-3-5-10-15/h3-5,9-10,14,16,19H,6-8,11,13H2,1-2H3. The Labute approximate surface area is 121 Å². The van der Waals surface area contributed by atoms with Crippen molar-refractivity contribution in [2.24, 2.45) is 5.92 Å². The van der Waals surface area contributed by atoms with Crippen LogP contribution in [0.25, 0.3) is 0 Å². The van der Waals surface area contributed by atoms with Crippen LogP contribution in [0.5, 0.6) is 0 Å². The summed E-state index contributed by atoms with van der Waals surface area (Å²) in [5, 5.41) is 12.8. The van der Waals surface area contributed by atoms with Gasteiger partial charge in [0.2, 0.25) is 0 Å². The normalized spacial score (nSPS) is 25.6. The molecule has 1 saturated carbocycles. The Kier molecular flexibility index (Phi) is 5.17. The monoisotopic (exact) mass is 272 g/mol. The summed E-state index contributed by atoms with van der Waals surface area (Å²) < 4.78 is 6.11. The van der Waals surface area contributed by atoms with Gasteiger partial charge in [-0.15, -0.1) is 0 Å². The summed E-state index contributed by atoms with van der Waals surface area (Å²) in [7, 11) is 1.82. The number of nitrogens with one attached hydrogen (secondary N) is 1. The van der Waals surface area contributed by atoms with Crippen LogP contribution < -0.4 is 5.32 Å². The molecular formula is C17H24N2O. The van der Waals surface area contributed by atoms with E-state index < -0.39 is 5.54 Å². The second-order valence-electron chi connectivity index (χ2n) is 5.74. The molecule has 3 heteroatoms. The SMILES string of the molecule is CNC(C#N)(COC1CCCCC1C)c1ccccc1. The number of hydrogen-bond donors (Lipinski definition) is 1. The van der Waals surface area contributed by atoms with Crippen molar-refractivity contribution in [3.8, 4) is 6.07 Å². The highest BCUT2D eigenvalue weighted by Gasteiger charge is 2.33. The summed E-state index contributed by atoms with van der Waals surface area (Å²) in [6.07, 6.45) is 5.17. The van der Waals surface area contributed by atoms with Gasteiger partial charge < -0.3 is 4.74 Å². The Balaban J connectivity index is 2.08. The lowest BCUT2D eigenvalue weighted by atomic mass is 9.87. The number of nitriles is 1. The van der Waals surface area contributed by atoms with Gasteiger partial charge in [-0.2, -0.15) is 5.26 Å². The van der Waals surface area contributed by atoms with E-state index in [1.165, 1.54) is 19.3 Å². The third-order valence-corrected chi connectivity index (χ3v) is 4.43. The van der Waals surface area contributed by atoms with Crippen LogP contribution in [0.3, 0.4) is 0 Å². The summed E-state index contributed by atoms with van der Waals surface area (Å²) in [5.74, 6) is 0.591. The molecule has 1 N–H and O–H groups in total. The van der Waals surface area contributed by atoms with Crippen LogP contribution in [0.2, 0.25) is 0 Å². The molecule has 0 aliphatic heterocycles. The maximum Gasteiger partial charge on any atom is 0.155 e. The largest absolute Gasteiger partial charge is 0.375 e. The molecule has 1 aromatic rings. The first-order valence-electron chi connectivity index (χ1n) is 7.49. The first kappa shape index (κ1) is 15.0. The number of rotatable bonds is 5. The van der Waals surface area contributed by atoms with Gasteiger partial charge >= 0.3 is 0 Å². The zero-order valence-electron chi connectivity index (χ0n) is 12.4. The van der Waals surface area contributed by atoms with Crippen LogP contribution in [0, 0.1) is 17.2 Å². The van der Waals surface area contributed by atoms with Crippen molar-refractivity contribution in [2.45, 2.75) is 44.2 Å². The molecule has 1 fully saturated rings. The predicted octanol–water partition coefficient (Wildman–Crippen LogP) is 3.22. The molecule has 3 unspecified atom stereocenters. The van der Waals surface area contributed by atoms with E-state index in [1.807, 2.05) is 37.4 Å². The van der Waals surface area contributed by atoms with E-state index in [4.69, 9.17) is 4.74 Å². The molecule has 2 rings (SSSR count). The van der Waals surface area contributed by atoms with Crippen LogP contribution >= 0.6 is 0 Å². The molecule has 1 aliphatic carbocycles. The molecule has 1 aromatic carbocycles. The fourth-order valence-electron chi connectivity index (χ4n) is 2.94. The molecule has 0 aromatic heterocycles. The molecule has 0 saturated heterocycles. The van der Waals surface area contributed by atoms with Gasteiger partial charge in [-0.05, 0) is 31.4 Å². The smallest absolute Gasteiger partial charge is 0.155 e. The lowest BCUT2D eigenvalue weighted by molar-refractivity contribution is -0.0252. The second-order valence-corrected chi connectivity index (χ2v) is 5.74. The molecule has 108 valence electrons. The van der Waals surface area contributed by atoms with Gasteiger partial charge in [-0.1, -0.05) is 50.1 Å². The Morgan fingerprint density at radius 2 is 2.00 bits per heavy atom. The number of ether oxygens (including phenoxy) is 1. The number of nitrogens with zero attached hydrogens (tertiary/aromatic N) is 1. The summed E-state index contributed by atoms with van der Waals surface area (Å²) in [5.41, 5.74) is 0.215. The Morgan fingerprint density at radius 1 is 1.30 bits per heavy atom. The average molecular weight is 272 g/mol. The number of likely N-dealkylation sites (N-methyl/N-ethyl adjacent to an activating group) is 1. The molecule has 3 nitrogen and oxygen atoms in total. The van der Waals surface area contributed by atoms with Crippen LogP contribution in [0.1, 0.15) is 38.2 Å². The van der Waals surface area contributed by atoms with E-state index in [-0.39, 0.29) is 6.10 Å². The summed E-state index contributed by atoms with van der Waals surface area (Å²) in [6.45, 7) is 2.65. The van der Waals surface area contributed by atoms with Crippen LogP contribution in [0.15, 0.2) is 30.3 Å². The molecule has 3 atom stereocenters. The number of benzene rings is 1. The summed E-state index contributed by atoms with van der Waals surface area (Å²) in [6, 6.07) is 12.2. The molecular weight excluding hydrogens is 248 g/mol. The van der Waals surface area contributed by atoms with Gasteiger partial charge in [0.1, 0.15) is 0 Å². The van der Waals surface area contributed by atoms with Crippen molar-refractivity contribution < 1.29 is 4.74 Å². The van der Waals surface area contributed by atoms with Crippen molar-refractivity contribution in [3.05, 3.63) is 35.9 Å². The average Bonchev–Trinajstić information content (AvgIpc) is 2.51. The Hall–Kier alpha value is -1.37. The van der Waals surface area contributed by atoms with Gasteiger partial charge in [0, 0.05) is 0 Å². The Morgan fingerprint density at radius 3 is 2.60 bits per heavy atom. The van der Waals surface area contributed by atoms with E-state index in [1.54, 1.807) is 0 Å². The summed E-state index contributed by atoms with van der Waals surface area (Å²) >= 11 is 0. The maximum atomic E-state index is 9.63. The molecule has 1 aliphatic rings. The lowest BCUT2D eigenvalue weighted by Crippen LogP contribution is -2.44. The van der Waals surface area contributed by atoms with Crippen LogP contribution in [-0.2, 0) is 10.3 Å². The second kappa shape index (κ2) is 6.88. The first-order valence-corrected chi connectivity index (χ1v) is 7.49. The molecule has 0 heterocycles. The van der Waals surface area contributed by atoms with Crippen molar-refractivity contribution >= 4 is 0 Å². The van der Waals surface area contributed by atoms with Crippen LogP contribution in [-0.4, -0.2) is 19.8 Å². The van der Waals surface area contributed by atoms with Gasteiger partial charge in [0.25, 0.3) is 0 Å². The maximum absolute atomic E-state index is 9.63. The van der Waals surface area contributed by atoms with Crippen LogP contribution in [0.4, 0.5) is 0 Å². The third-order valence-electron chi connectivity index (χ3n) is 4.43. The predicted molar refractivity (Wildman–Crippen MR) is 80.2 cm³/mol. The third kappa shape index (κ3) is 3.20. The lowest BCUT2D eigenvalue weighted by Gasteiger charge is -2.33. The molecule has 0 radical (unpaired) electrons. The van der Waals surface area contributed by atoms with E-state index in [2.05, 4.69) is 18.3 Å². The van der Waals surface area contributed by atoms with Gasteiger partial charge in [0.15, 0.2) is 5.54 Å². The minimum atomic E-state index is -0.752. The fourth-order valence-corrected chi connectivity index (χ4v) is 2.94. The quantitative estimate of drug-likeness (QED) is 0.895. The highest BCUT2D eigenvalue weighted by molar-refractivity contribution is 5.31. The number of hydrogen-bond acceptors (Lipinski definition) is 3. The fraction of sp³-hybridized carbons (Fsp3) is 0.588. The highest BCUT2D eigenvalue weighted by atomic mass is 16.5. The van der Waals surface area contributed by atoms with Crippen molar-refractivity contribution in [1.29, 1.82) is 5.26 Å². The topological polar surface area (TPSA) is 45.0 Å². The first-order chi connectivity index (χ1) is 9.72. The van der Waals surface area contributed by atoms with E-state index >= 15 is 0 Å². The Bertz CT molecular complexity index is 454. The van der Waals surface area contributed by atoms with Gasteiger partial charge in [-0.25, -0.2) is 0 Å². The zero-order valence-corrected chi connectivity index (χ0v) is 12.4.